The number of piperazine rings is 1. The molecule has 0 aliphatic carbocycles. The van der Waals surface area contributed by atoms with Crippen LogP contribution in [-0.2, 0) is 6.54 Å². The van der Waals surface area contributed by atoms with E-state index in [1.807, 2.05) is 18.5 Å². The van der Waals surface area contributed by atoms with Crippen LogP contribution >= 0.6 is 0 Å². The van der Waals surface area contributed by atoms with Gasteiger partial charge in [0.25, 0.3) is 0 Å². The number of hydrogen-bond donors (Lipinski definition) is 1. The Hall–Kier alpha value is -2.67. The van der Waals surface area contributed by atoms with E-state index >= 15 is 0 Å². The van der Waals surface area contributed by atoms with E-state index in [0.717, 1.165) is 57.7 Å². The van der Waals surface area contributed by atoms with Gasteiger partial charge in [-0.15, -0.1) is 0 Å². The maximum atomic E-state index is 5.05. The molecule has 0 amide bonds. The lowest BCUT2D eigenvalue weighted by molar-refractivity contribution is 0.249. The Bertz CT molecular complexity index is 788. The number of benzene rings is 1. The first kappa shape index (κ1) is 20.6. The first-order chi connectivity index (χ1) is 14.8. The van der Waals surface area contributed by atoms with Crippen molar-refractivity contribution in [2.75, 3.05) is 50.7 Å². The molecule has 30 heavy (non-hydrogen) atoms. The van der Waals surface area contributed by atoms with Crippen LogP contribution in [0.3, 0.4) is 0 Å². The lowest BCUT2D eigenvalue weighted by Crippen LogP contribution is -2.53. The van der Waals surface area contributed by atoms with Crippen LogP contribution in [0.2, 0.25) is 0 Å². The highest BCUT2D eigenvalue weighted by molar-refractivity contribution is 5.80. The second kappa shape index (κ2) is 10.4. The van der Waals surface area contributed by atoms with Crippen molar-refractivity contribution in [2.45, 2.75) is 32.4 Å². The minimum absolute atomic E-state index is 0.526. The molecule has 0 spiro atoms. The Labute approximate surface area is 179 Å². The van der Waals surface area contributed by atoms with Gasteiger partial charge in [0, 0.05) is 57.7 Å². The number of hydrogen-bond acceptors (Lipinski definition) is 5. The molecule has 2 aromatic rings. The maximum Gasteiger partial charge on any atom is 0.225 e. The predicted molar refractivity (Wildman–Crippen MR) is 122 cm³/mol. The van der Waals surface area contributed by atoms with Gasteiger partial charge >= 0.3 is 0 Å². The summed E-state index contributed by atoms with van der Waals surface area (Å²) in [6.07, 6.45) is 6.11. The van der Waals surface area contributed by atoms with Gasteiger partial charge in [0.1, 0.15) is 0 Å². The summed E-state index contributed by atoms with van der Waals surface area (Å²) in [5.41, 5.74) is 1.39. The van der Waals surface area contributed by atoms with E-state index in [-0.39, 0.29) is 0 Å². The summed E-state index contributed by atoms with van der Waals surface area (Å²) in [7, 11) is 0. The second-order valence-corrected chi connectivity index (χ2v) is 7.97. The van der Waals surface area contributed by atoms with E-state index in [4.69, 9.17) is 4.99 Å². The predicted octanol–water partition coefficient (Wildman–Crippen LogP) is 2.23. The number of anilines is 1. The molecule has 0 saturated carbocycles. The third-order valence-corrected chi connectivity index (χ3v) is 5.93. The highest BCUT2D eigenvalue weighted by atomic mass is 15.4. The topological polar surface area (TPSA) is 59.9 Å². The molecule has 4 rings (SSSR count). The number of likely N-dealkylation sites (tertiary alicyclic amines) is 1. The number of rotatable bonds is 6. The molecule has 7 nitrogen and oxygen atoms in total. The Morgan fingerprint density at radius 2 is 1.80 bits per heavy atom. The molecule has 1 aromatic heterocycles. The fourth-order valence-electron chi connectivity index (χ4n) is 4.32. The van der Waals surface area contributed by atoms with Crippen molar-refractivity contribution >= 4 is 11.9 Å². The third-order valence-electron chi connectivity index (χ3n) is 5.93. The Morgan fingerprint density at radius 1 is 1.03 bits per heavy atom. The lowest BCUT2D eigenvalue weighted by Gasteiger charge is -2.36. The van der Waals surface area contributed by atoms with Gasteiger partial charge in [-0.25, -0.2) is 9.97 Å². The molecule has 160 valence electrons. The second-order valence-electron chi connectivity index (χ2n) is 7.97. The average Bonchev–Trinajstić information content (AvgIpc) is 3.25. The average molecular weight is 408 g/mol. The molecule has 2 aliphatic heterocycles. The molecule has 7 heteroatoms. The lowest BCUT2D eigenvalue weighted by atomic mass is 10.2. The normalized spacial score (nSPS) is 20.6. The van der Waals surface area contributed by atoms with Crippen LogP contribution in [0, 0.1) is 0 Å². The minimum Gasteiger partial charge on any atom is -0.357 e. The van der Waals surface area contributed by atoms with Gasteiger partial charge in [-0.1, -0.05) is 30.3 Å². The smallest absolute Gasteiger partial charge is 0.225 e. The van der Waals surface area contributed by atoms with Crippen molar-refractivity contribution in [3.8, 4) is 0 Å². The molecule has 3 heterocycles. The summed E-state index contributed by atoms with van der Waals surface area (Å²) in [6.45, 7) is 9.77. The summed E-state index contributed by atoms with van der Waals surface area (Å²) >= 11 is 0. The third kappa shape index (κ3) is 5.27. The van der Waals surface area contributed by atoms with Crippen molar-refractivity contribution in [1.82, 2.24) is 25.1 Å². The first-order valence-electron chi connectivity index (χ1n) is 11.2. The van der Waals surface area contributed by atoms with Crippen LogP contribution in [0.25, 0.3) is 0 Å². The largest absolute Gasteiger partial charge is 0.357 e. The van der Waals surface area contributed by atoms with Gasteiger partial charge in [0.15, 0.2) is 5.96 Å². The number of nitrogens with one attached hydrogen (secondary N) is 1. The number of nitrogens with zero attached hydrogens (tertiary/aromatic N) is 6. The summed E-state index contributed by atoms with van der Waals surface area (Å²) < 4.78 is 0. The zero-order valence-electron chi connectivity index (χ0n) is 18.0. The van der Waals surface area contributed by atoms with E-state index in [1.165, 1.54) is 24.9 Å². The standard InChI is InChI=1S/C23H33N7/c1-2-24-22(28-14-16-29(17-15-28)23-25-11-7-12-26-23)27-18-21-10-6-13-30(21)19-20-8-4-3-5-9-20/h3-5,7-9,11-12,21H,2,6,10,13-19H2,1H3,(H,24,27). The van der Waals surface area contributed by atoms with Crippen molar-refractivity contribution in [1.29, 1.82) is 0 Å². The summed E-state index contributed by atoms with van der Waals surface area (Å²) in [4.78, 5) is 21.0. The van der Waals surface area contributed by atoms with Crippen LogP contribution in [0.1, 0.15) is 25.3 Å². The van der Waals surface area contributed by atoms with E-state index in [1.54, 1.807) is 0 Å². The molecular formula is C23H33N7. The van der Waals surface area contributed by atoms with Gasteiger partial charge < -0.3 is 15.1 Å². The summed E-state index contributed by atoms with van der Waals surface area (Å²) in [6, 6.07) is 13.2. The molecule has 1 aromatic carbocycles. The van der Waals surface area contributed by atoms with Crippen LogP contribution < -0.4 is 10.2 Å². The highest BCUT2D eigenvalue weighted by Gasteiger charge is 2.25. The van der Waals surface area contributed by atoms with Crippen LogP contribution in [0.5, 0.6) is 0 Å². The molecule has 0 bridgehead atoms. The van der Waals surface area contributed by atoms with Gasteiger partial charge in [-0.3, -0.25) is 9.89 Å². The van der Waals surface area contributed by atoms with Gasteiger partial charge in [-0.05, 0) is 37.9 Å². The Balaban J connectivity index is 1.34. The SMILES string of the molecule is CCNC(=NCC1CCCN1Cc1ccccc1)N1CCN(c2ncccn2)CC1. The molecule has 2 saturated heterocycles. The number of guanidine groups is 1. The first-order valence-corrected chi connectivity index (χ1v) is 11.2. The van der Waals surface area contributed by atoms with Crippen LogP contribution in [0.4, 0.5) is 5.95 Å². The van der Waals surface area contributed by atoms with Crippen molar-refractivity contribution < 1.29 is 0 Å². The molecule has 1 unspecified atom stereocenters. The zero-order chi connectivity index (χ0) is 20.6. The molecule has 1 N–H and O–H groups in total. The van der Waals surface area contributed by atoms with Crippen molar-refractivity contribution in [3.05, 3.63) is 54.4 Å². The minimum atomic E-state index is 0.526. The molecule has 1 atom stereocenters. The van der Waals surface area contributed by atoms with E-state index in [9.17, 15) is 0 Å². The molecular weight excluding hydrogens is 374 g/mol. The Morgan fingerprint density at radius 3 is 2.53 bits per heavy atom. The van der Waals surface area contributed by atoms with Crippen molar-refractivity contribution in [3.63, 3.8) is 0 Å². The van der Waals surface area contributed by atoms with Crippen LogP contribution in [0.15, 0.2) is 53.8 Å². The van der Waals surface area contributed by atoms with Gasteiger partial charge in [0.2, 0.25) is 5.95 Å². The Kier molecular flexibility index (Phi) is 7.13. The fourth-order valence-corrected chi connectivity index (χ4v) is 4.32. The maximum absolute atomic E-state index is 5.05. The summed E-state index contributed by atoms with van der Waals surface area (Å²) in [5.74, 6) is 1.86. The molecule has 2 aliphatic rings. The highest BCUT2D eigenvalue weighted by Crippen LogP contribution is 2.20. The quantitative estimate of drug-likeness (QED) is 0.585. The monoisotopic (exact) mass is 407 g/mol. The summed E-state index contributed by atoms with van der Waals surface area (Å²) in [5, 5.41) is 3.50. The molecule has 2 fully saturated rings. The van der Waals surface area contributed by atoms with Gasteiger partial charge in [0.05, 0.1) is 6.54 Å². The fraction of sp³-hybridized carbons (Fsp3) is 0.522. The van der Waals surface area contributed by atoms with E-state index in [2.05, 4.69) is 67.2 Å². The van der Waals surface area contributed by atoms with E-state index in [0.29, 0.717) is 6.04 Å². The molecule has 0 radical (unpaired) electrons. The van der Waals surface area contributed by atoms with Crippen LogP contribution in [-0.4, -0.2) is 77.6 Å². The van der Waals surface area contributed by atoms with Crippen molar-refractivity contribution in [2.24, 2.45) is 4.99 Å². The number of aromatic nitrogens is 2. The van der Waals surface area contributed by atoms with E-state index < -0.39 is 0 Å². The van der Waals surface area contributed by atoms with Gasteiger partial charge in [-0.2, -0.15) is 0 Å². The zero-order valence-corrected chi connectivity index (χ0v) is 18.0. The number of aliphatic imine (C=N–C) groups is 1.